The molecule has 54 heavy (non-hydrogen) atoms. The van der Waals surface area contributed by atoms with Crippen molar-refractivity contribution in [3.05, 3.63) is 0 Å². The van der Waals surface area contributed by atoms with Crippen LogP contribution in [0.5, 0.6) is 0 Å². The Kier molecular flexibility index (Phi) is 20.5. The molecule has 22 nitrogen and oxygen atoms in total. The first-order valence-electron chi connectivity index (χ1n) is 16.4. The summed E-state index contributed by atoms with van der Waals surface area (Å²) in [5.41, 5.74) is 0. The fraction of sp³-hybridized carbons (Fsp3) is 0.656. The van der Waals surface area contributed by atoms with Crippen LogP contribution in [0.3, 0.4) is 0 Å². The van der Waals surface area contributed by atoms with Gasteiger partial charge in [-0.2, -0.15) is 0 Å². The first kappa shape index (κ1) is 48.2. The third kappa shape index (κ3) is 17.6. The number of amides is 10. The summed E-state index contributed by atoms with van der Waals surface area (Å²) in [6.07, 6.45) is 0.212. The first-order chi connectivity index (χ1) is 24.9. The van der Waals surface area contributed by atoms with Gasteiger partial charge in [0.2, 0.25) is 59.6 Å². The molecule has 0 aromatic rings. The molecule has 0 aliphatic carbocycles. The lowest BCUT2D eigenvalue weighted by molar-refractivity contribution is -0.146. The lowest BCUT2D eigenvalue weighted by Crippen LogP contribution is -2.49. The van der Waals surface area contributed by atoms with Crippen molar-refractivity contribution < 1.29 is 57.8 Å². The quantitative estimate of drug-likeness (QED) is 0.102. The van der Waals surface area contributed by atoms with E-state index < -0.39 is 98.4 Å². The van der Waals surface area contributed by atoms with Crippen molar-refractivity contribution in [2.24, 2.45) is 0 Å². The molecule has 0 radical (unpaired) electrons. The average Bonchev–Trinajstić information content (AvgIpc) is 3.09. The van der Waals surface area contributed by atoms with E-state index in [2.05, 4.69) is 0 Å². The fourth-order valence-electron chi connectivity index (χ4n) is 4.05. The van der Waals surface area contributed by atoms with Crippen LogP contribution in [0.1, 0.15) is 6.42 Å². The normalized spacial score (nSPS) is 10.3. The minimum atomic E-state index is -1.07. The van der Waals surface area contributed by atoms with E-state index in [0.717, 1.165) is 44.1 Å². The molecule has 0 aliphatic rings. The van der Waals surface area contributed by atoms with Crippen molar-refractivity contribution in [1.29, 1.82) is 0 Å². The maximum atomic E-state index is 12.8. The lowest BCUT2D eigenvalue weighted by atomic mass is 10.3. The van der Waals surface area contributed by atoms with Gasteiger partial charge in [-0.15, -0.1) is 0 Å². The van der Waals surface area contributed by atoms with Gasteiger partial charge < -0.3 is 54.1 Å². The molecule has 1 N–H and O–H groups in total. The number of hydrogen-bond acceptors (Lipinski definition) is 11. The van der Waals surface area contributed by atoms with Gasteiger partial charge in [0.25, 0.3) is 0 Å². The van der Waals surface area contributed by atoms with E-state index in [-0.39, 0.29) is 32.6 Å². The van der Waals surface area contributed by atoms with Gasteiger partial charge in [-0.05, 0) is 0 Å². The van der Waals surface area contributed by atoms with Crippen LogP contribution in [-0.4, -0.2) is 256 Å². The van der Waals surface area contributed by atoms with Gasteiger partial charge in [0.15, 0.2) is 0 Å². The number of carboxylic acids is 1. The second kappa shape index (κ2) is 23.0. The third-order valence-corrected chi connectivity index (χ3v) is 8.04. The van der Waals surface area contributed by atoms with Crippen LogP contribution in [0.15, 0.2) is 0 Å². The molecule has 0 bridgehead atoms. The summed E-state index contributed by atoms with van der Waals surface area (Å²) >= 11 is 0. The van der Waals surface area contributed by atoms with Crippen LogP contribution in [0.4, 0.5) is 0 Å². The van der Waals surface area contributed by atoms with E-state index in [4.69, 9.17) is 5.11 Å². The van der Waals surface area contributed by atoms with Crippen molar-refractivity contribution in [3.63, 3.8) is 0 Å². The summed E-state index contributed by atoms with van der Waals surface area (Å²) < 4.78 is 0. The summed E-state index contributed by atoms with van der Waals surface area (Å²) in [6.45, 7) is -3.49. The third-order valence-electron chi connectivity index (χ3n) is 8.04. The summed E-state index contributed by atoms with van der Waals surface area (Å²) in [4.78, 5) is 145. The Balaban J connectivity index is 4.85. The summed E-state index contributed by atoms with van der Waals surface area (Å²) in [6, 6.07) is 0. The highest BCUT2D eigenvalue weighted by Crippen LogP contribution is 2.00. The molecule has 0 saturated heterocycles. The van der Waals surface area contributed by atoms with E-state index in [1.54, 1.807) is 0 Å². The Morgan fingerprint density at radius 1 is 0.352 bits per heavy atom. The number of carbonyl (C=O) groups is 11. The van der Waals surface area contributed by atoms with Crippen LogP contribution in [0.2, 0.25) is 0 Å². The number of rotatable bonds is 22. The number of aliphatic carboxylic acids is 1. The molecule has 0 aliphatic heterocycles. The molecule has 0 rings (SSSR count). The molecule has 0 fully saturated rings. The highest BCUT2D eigenvalue weighted by atomic mass is 16.4. The Morgan fingerprint density at radius 3 is 0.722 bits per heavy atom. The monoisotopic (exact) mass is 770 g/mol. The first-order valence-corrected chi connectivity index (χ1v) is 16.4. The van der Waals surface area contributed by atoms with Crippen LogP contribution < -0.4 is 0 Å². The van der Waals surface area contributed by atoms with Gasteiger partial charge in [0.1, 0.15) is 0 Å². The van der Waals surface area contributed by atoms with E-state index in [1.807, 2.05) is 0 Å². The SMILES string of the molecule is CN(C=O)CC(=O)N(C)CC(=O)N(C)CC(=O)N(C)CC(=O)N(C)CC(=O)N(C)CC(=O)N(C)CC(=O)N(C)CC(=O)N(C)CC(=O)N(C)CCC(=O)O. The smallest absolute Gasteiger partial charge is 0.305 e. The van der Waals surface area contributed by atoms with E-state index in [1.165, 1.54) is 75.4 Å². The molecule has 0 unspecified atom stereocenters. The van der Waals surface area contributed by atoms with Gasteiger partial charge in [0, 0.05) is 77.0 Å². The Hall–Kier alpha value is -5.83. The second-order valence-corrected chi connectivity index (χ2v) is 13.0. The van der Waals surface area contributed by atoms with Crippen LogP contribution >= 0.6 is 0 Å². The molecule has 0 aromatic carbocycles. The predicted octanol–water partition coefficient (Wildman–Crippen LogP) is -5.33. The van der Waals surface area contributed by atoms with Gasteiger partial charge in [-0.3, -0.25) is 52.7 Å². The minimum absolute atomic E-state index is 0.0366. The zero-order valence-corrected chi connectivity index (χ0v) is 32.8. The van der Waals surface area contributed by atoms with Crippen LogP contribution in [-0.2, 0) is 52.7 Å². The highest BCUT2D eigenvalue weighted by molar-refractivity contribution is 5.93. The summed E-state index contributed by atoms with van der Waals surface area (Å²) in [5.74, 6) is -6.22. The zero-order valence-electron chi connectivity index (χ0n) is 32.8. The molecular formula is C32H54N10O12. The summed E-state index contributed by atoms with van der Waals surface area (Å²) in [7, 11) is 13.5. The molecule has 0 aromatic heterocycles. The number of carbonyl (C=O) groups excluding carboxylic acids is 10. The van der Waals surface area contributed by atoms with E-state index in [0.29, 0.717) is 6.41 Å². The molecule has 22 heteroatoms. The lowest BCUT2D eigenvalue weighted by Gasteiger charge is -2.27. The largest absolute Gasteiger partial charge is 0.481 e. The van der Waals surface area contributed by atoms with E-state index >= 15 is 0 Å². The molecule has 0 spiro atoms. The number of carboxylic acid groups (broad SMARTS) is 1. The Morgan fingerprint density at radius 2 is 0.537 bits per heavy atom. The maximum absolute atomic E-state index is 12.8. The molecule has 0 saturated carbocycles. The molecule has 304 valence electrons. The van der Waals surface area contributed by atoms with Crippen molar-refractivity contribution in [2.75, 3.05) is 136 Å². The van der Waals surface area contributed by atoms with Gasteiger partial charge >= 0.3 is 5.97 Å². The van der Waals surface area contributed by atoms with Crippen LogP contribution in [0, 0.1) is 0 Å². The highest BCUT2D eigenvalue weighted by Gasteiger charge is 2.26. The van der Waals surface area contributed by atoms with Crippen molar-refractivity contribution >= 4 is 65.5 Å². The predicted molar refractivity (Wildman–Crippen MR) is 190 cm³/mol. The Labute approximate surface area is 314 Å². The summed E-state index contributed by atoms with van der Waals surface area (Å²) in [5, 5.41) is 8.76. The molecule has 10 amide bonds. The van der Waals surface area contributed by atoms with Gasteiger partial charge in [-0.1, -0.05) is 0 Å². The van der Waals surface area contributed by atoms with Crippen molar-refractivity contribution in [1.82, 2.24) is 49.0 Å². The van der Waals surface area contributed by atoms with E-state index in [9.17, 15) is 52.7 Å². The number of nitrogens with zero attached hydrogens (tertiary/aromatic N) is 10. The van der Waals surface area contributed by atoms with Crippen molar-refractivity contribution in [3.8, 4) is 0 Å². The zero-order chi connectivity index (χ0) is 42.0. The maximum Gasteiger partial charge on any atom is 0.305 e. The average molecular weight is 771 g/mol. The molecular weight excluding hydrogens is 716 g/mol. The molecule has 0 heterocycles. The standard InChI is InChI=1S/C32H54N10O12/c1-33(22-43)13-23(44)35(3)15-25(46)37(5)17-27(48)39(7)19-29(50)41(9)21-31(52)42(10)20-30(51)40(8)18-28(49)38(6)16-26(47)36(4)14-24(45)34(2)12-11-32(53)54/h22H,11-21H2,1-10H3,(H,53,54). The van der Waals surface area contributed by atoms with Gasteiger partial charge in [0.05, 0.1) is 65.3 Å². The van der Waals surface area contributed by atoms with Crippen molar-refractivity contribution in [2.45, 2.75) is 6.42 Å². The fourth-order valence-corrected chi connectivity index (χ4v) is 4.05. The van der Waals surface area contributed by atoms with Crippen LogP contribution in [0.25, 0.3) is 0 Å². The number of hydrogen-bond donors (Lipinski definition) is 1. The second-order valence-electron chi connectivity index (χ2n) is 13.0. The Bertz CT molecular complexity index is 1430. The topological polar surface area (TPSA) is 240 Å². The van der Waals surface area contributed by atoms with Gasteiger partial charge in [-0.25, -0.2) is 0 Å². The minimum Gasteiger partial charge on any atom is -0.481 e. The molecule has 0 atom stereocenters. The number of likely N-dealkylation sites (N-methyl/N-ethyl adjacent to an activating group) is 10.